The molecular weight excluding hydrogens is 554 g/mol. The molecule has 1 atom stereocenters. The van der Waals surface area contributed by atoms with Crippen LogP contribution < -0.4 is 15.4 Å². The van der Waals surface area contributed by atoms with Crippen LogP contribution in [0.2, 0.25) is 5.02 Å². The first-order valence-electron chi connectivity index (χ1n) is 14.2. The van der Waals surface area contributed by atoms with Crippen LogP contribution in [0, 0.1) is 5.41 Å². The molecule has 1 heterocycles. The van der Waals surface area contributed by atoms with Gasteiger partial charge in [-0.15, -0.1) is 0 Å². The number of aliphatic hydroxyl groups excluding tert-OH is 1. The first kappa shape index (κ1) is 29.5. The van der Waals surface area contributed by atoms with Crippen molar-refractivity contribution in [2.24, 2.45) is 5.41 Å². The van der Waals surface area contributed by atoms with Gasteiger partial charge in [0.1, 0.15) is 23.8 Å². The number of fused-ring (bicyclic) bond motifs is 1. The van der Waals surface area contributed by atoms with Gasteiger partial charge in [0.2, 0.25) is 11.8 Å². The number of allylic oxidation sites excluding steroid dienone is 3. The third kappa shape index (κ3) is 6.09. The fourth-order valence-electron chi connectivity index (χ4n) is 5.86. The second-order valence-electron chi connectivity index (χ2n) is 11.7. The molecule has 3 N–H and O–H groups in total. The molecule has 9 heteroatoms. The van der Waals surface area contributed by atoms with Crippen molar-refractivity contribution in [3.8, 4) is 5.75 Å². The van der Waals surface area contributed by atoms with Gasteiger partial charge < -0.3 is 20.5 Å². The van der Waals surface area contributed by atoms with Gasteiger partial charge in [-0.2, -0.15) is 0 Å². The van der Waals surface area contributed by atoms with Crippen molar-refractivity contribution in [2.45, 2.75) is 65.0 Å². The van der Waals surface area contributed by atoms with Gasteiger partial charge in [0.05, 0.1) is 11.7 Å². The summed E-state index contributed by atoms with van der Waals surface area (Å²) in [5, 5.41) is 17.3. The molecule has 0 fully saturated rings. The number of halogens is 1. The Morgan fingerprint density at radius 2 is 1.90 bits per heavy atom. The highest BCUT2D eigenvalue weighted by atomic mass is 35.5. The molecule has 2 aromatic carbocycles. The Hall–Kier alpha value is -4.04. The van der Waals surface area contributed by atoms with Gasteiger partial charge in [0.25, 0.3) is 0 Å². The monoisotopic (exact) mass is 589 g/mol. The molecule has 0 bridgehead atoms. The van der Waals surface area contributed by atoms with Crippen molar-refractivity contribution in [3.63, 3.8) is 0 Å². The number of carbonyl (C=O) groups is 3. The molecule has 3 aliphatic rings. The number of nitrogens with one attached hydrogen (secondary N) is 2. The number of ketones is 1. The first-order valence-corrected chi connectivity index (χ1v) is 14.6. The van der Waals surface area contributed by atoms with E-state index < -0.39 is 6.04 Å². The Labute approximate surface area is 251 Å². The highest BCUT2D eigenvalue weighted by Crippen LogP contribution is 2.49. The molecule has 0 saturated carbocycles. The lowest BCUT2D eigenvalue weighted by Gasteiger charge is -2.37. The molecule has 1 aliphatic heterocycles. The molecule has 42 heavy (non-hydrogen) atoms. The number of benzene rings is 2. The first-order chi connectivity index (χ1) is 20.1. The van der Waals surface area contributed by atoms with Gasteiger partial charge >= 0.3 is 0 Å². The highest BCUT2D eigenvalue weighted by molar-refractivity contribution is 6.31. The maximum Gasteiger partial charge on any atom is 0.228 e. The minimum Gasteiger partial charge on any atom is -0.510 e. The van der Waals surface area contributed by atoms with Crippen molar-refractivity contribution in [2.75, 3.05) is 7.05 Å². The summed E-state index contributed by atoms with van der Waals surface area (Å²) in [5.41, 5.74) is 3.25. The van der Waals surface area contributed by atoms with Gasteiger partial charge in [-0.05, 0) is 41.5 Å². The second-order valence-corrected chi connectivity index (χ2v) is 12.1. The number of nitrogens with zero attached hydrogens (tertiary/aromatic N) is 1. The summed E-state index contributed by atoms with van der Waals surface area (Å²) in [6.45, 7) is 4.41. The van der Waals surface area contributed by atoms with E-state index in [4.69, 9.17) is 16.3 Å². The molecule has 0 saturated heterocycles. The van der Waals surface area contributed by atoms with Gasteiger partial charge in [-0.1, -0.05) is 67.9 Å². The Balaban J connectivity index is 1.62. The molecule has 2 aliphatic carbocycles. The van der Waals surface area contributed by atoms with Crippen LogP contribution in [0.1, 0.15) is 69.5 Å². The lowest BCUT2D eigenvalue weighted by molar-refractivity contribution is -0.133. The predicted molar refractivity (Wildman–Crippen MR) is 160 cm³/mol. The van der Waals surface area contributed by atoms with Crippen LogP contribution in [0.5, 0.6) is 5.75 Å². The minimum absolute atomic E-state index is 0.0167. The summed E-state index contributed by atoms with van der Waals surface area (Å²) in [7, 11) is 1.52. The van der Waals surface area contributed by atoms with E-state index in [-0.39, 0.29) is 41.6 Å². The van der Waals surface area contributed by atoms with Gasteiger partial charge in [-0.3, -0.25) is 19.3 Å². The number of hydrogen-bond donors (Lipinski definition) is 3. The van der Waals surface area contributed by atoms with E-state index in [0.29, 0.717) is 71.3 Å². The van der Waals surface area contributed by atoms with Crippen LogP contribution in [0.15, 0.2) is 83.0 Å². The van der Waals surface area contributed by atoms with E-state index in [1.54, 1.807) is 23.1 Å². The molecule has 2 amide bonds. The molecule has 0 radical (unpaired) electrons. The summed E-state index contributed by atoms with van der Waals surface area (Å²) in [6, 6.07) is 14.2. The fourth-order valence-corrected chi connectivity index (χ4v) is 6.13. The highest BCUT2D eigenvalue weighted by Gasteiger charge is 2.45. The standard InChI is InChI=1S/C33H36ClN3O5/c1-33(2)17-24-30(27(39)18-33)32(22-13-12-21(16-23(22)34)42-19-20-8-5-4-6-9-20)37(29(41)15-14-28(40)35-3)25-10-7-11-26(38)31(25)36-24/h4-6,8-10,12-13,16,32,36,38H,7,11,14-15,17-19H2,1-3H3,(H,35,40). The van der Waals surface area contributed by atoms with Crippen LogP contribution in [0.3, 0.4) is 0 Å². The van der Waals surface area contributed by atoms with Gasteiger partial charge in [0.15, 0.2) is 5.78 Å². The largest absolute Gasteiger partial charge is 0.510 e. The topological polar surface area (TPSA) is 108 Å². The minimum atomic E-state index is -0.862. The molecular formula is C33H36ClN3O5. The van der Waals surface area contributed by atoms with E-state index in [2.05, 4.69) is 10.6 Å². The van der Waals surface area contributed by atoms with Gasteiger partial charge in [0, 0.05) is 49.0 Å². The summed E-state index contributed by atoms with van der Waals surface area (Å²) >= 11 is 6.94. The van der Waals surface area contributed by atoms with Crippen molar-refractivity contribution >= 4 is 29.2 Å². The maximum absolute atomic E-state index is 14.0. The zero-order valence-corrected chi connectivity index (χ0v) is 24.9. The number of hydrogen-bond acceptors (Lipinski definition) is 6. The Morgan fingerprint density at radius 1 is 1.14 bits per heavy atom. The molecule has 220 valence electrons. The number of aliphatic hydroxyl groups is 1. The molecule has 0 spiro atoms. The average Bonchev–Trinajstić information content (AvgIpc) is 3.10. The lowest BCUT2D eigenvalue weighted by atomic mass is 9.73. The lowest BCUT2D eigenvalue weighted by Crippen LogP contribution is -2.39. The van der Waals surface area contributed by atoms with E-state index in [1.807, 2.05) is 50.3 Å². The van der Waals surface area contributed by atoms with Crippen molar-refractivity contribution < 1.29 is 24.2 Å². The third-order valence-corrected chi connectivity index (χ3v) is 8.21. The third-order valence-electron chi connectivity index (χ3n) is 7.88. The van der Waals surface area contributed by atoms with Crippen LogP contribution in [-0.2, 0) is 21.0 Å². The fraction of sp³-hybridized carbons (Fsp3) is 0.364. The average molecular weight is 590 g/mol. The number of amides is 2. The molecule has 5 rings (SSSR count). The van der Waals surface area contributed by atoms with E-state index in [1.165, 1.54) is 7.05 Å². The SMILES string of the molecule is CNC(=O)CCC(=O)N1C2=CCCC(O)=C2NC2=C(C(=O)CC(C)(C)C2)C1c1ccc(OCc2ccccc2)cc1Cl. The number of carbonyl (C=O) groups excluding carboxylic acids is 3. The maximum atomic E-state index is 14.0. The summed E-state index contributed by atoms with van der Waals surface area (Å²) in [6.07, 6.45) is 3.56. The molecule has 0 aromatic heterocycles. The van der Waals surface area contributed by atoms with Crippen LogP contribution in [0.4, 0.5) is 0 Å². The zero-order chi connectivity index (χ0) is 30.0. The normalized spacial score (nSPS) is 19.7. The Morgan fingerprint density at radius 3 is 2.62 bits per heavy atom. The summed E-state index contributed by atoms with van der Waals surface area (Å²) in [5.74, 6) is -0.0382. The van der Waals surface area contributed by atoms with Gasteiger partial charge in [-0.25, -0.2) is 0 Å². The Kier molecular flexibility index (Phi) is 8.45. The second kappa shape index (κ2) is 12.1. The van der Waals surface area contributed by atoms with Crippen molar-refractivity contribution in [3.05, 3.63) is 99.2 Å². The van der Waals surface area contributed by atoms with Crippen molar-refractivity contribution in [1.82, 2.24) is 15.5 Å². The van der Waals surface area contributed by atoms with Crippen LogP contribution in [0.25, 0.3) is 0 Å². The smallest absolute Gasteiger partial charge is 0.228 e. The van der Waals surface area contributed by atoms with Crippen LogP contribution >= 0.6 is 11.6 Å². The summed E-state index contributed by atoms with van der Waals surface area (Å²) < 4.78 is 5.99. The van der Waals surface area contributed by atoms with E-state index in [0.717, 1.165) is 5.56 Å². The van der Waals surface area contributed by atoms with E-state index in [9.17, 15) is 19.5 Å². The molecule has 8 nitrogen and oxygen atoms in total. The van der Waals surface area contributed by atoms with E-state index >= 15 is 0 Å². The van der Waals surface area contributed by atoms with Crippen LogP contribution in [-0.4, -0.2) is 34.7 Å². The quantitative estimate of drug-likeness (QED) is 0.365. The molecule has 2 aromatic rings. The molecule has 1 unspecified atom stereocenters. The number of Topliss-reactive ketones (excluding diaryl/α,β-unsaturated/α-hetero) is 1. The predicted octanol–water partition coefficient (Wildman–Crippen LogP) is 6.01. The van der Waals surface area contributed by atoms with Crippen molar-refractivity contribution in [1.29, 1.82) is 0 Å². The number of rotatable bonds is 7. The number of ether oxygens (including phenoxy) is 1. The Bertz CT molecular complexity index is 1510. The zero-order valence-electron chi connectivity index (χ0n) is 24.1. The summed E-state index contributed by atoms with van der Waals surface area (Å²) in [4.78, 5) is 41.6.